The summed E-state index contributed by atoms with van der Waals surface area (Å²) in [5.74, 6) is 0. The first-order chi connectivity index (χ1) is 24.1. The predicted octanol–water partition coefficient (Wildman–Crippen LogP) is -0.980. The number of rotatable bonds is 14. The molecule has 18 heteroatoms. The molecule has 16 unspecified atom stereocenters. The van der Waals surface area contributed by atoms with E-state index in [0.29, 0.717) is 13.2 Å². The third kappa shape index (κ3) is 5.78. The molecule has 2 aromatic heterocycles. The molecular weight excluding hydrogens is 672 g/mol. The van der Waals surface area contributed by atoms with E-state index in [4.69, 9.17) is 28.4 Å². The van der Waals surface area contributed by atoms with Crippen LogP contribution in [0, 0.1) is 0 Å². The van der Waals surface area contributed by atoms with Gasteiger partial charge in [-0.25, -0.2) is 56.2 Å². The average molecular weight is 719 g/mol. The summed E-state index contributed by atoms with van der Waals surface area (Å²) in [5, 5.41) is 0. The van der Waals surface area contributed by atoms with Gasteiger partial charge < -0.3 is 28.4 Å². The Morgan fingerprint density at radius 2 is 0.765 bits per heavy atom. The first-order valence-corrected chi connectivity index (χ1v) is 18.0. The normalized spacial score (nSPS) is 36.5. The molecule has 6 aliphatic rings. The Hall–Kier alpha value is -3.42. The minimum Gasteiger partial charge on any atom is -0.371 e. The Morgan fingerprint density at radius 1 is 0.471 bits per heavy atom. The highest BCUT2D eigenvalue weighted by Gasteiger charge is 2.53. The summed E-state index contributed by atoms with van der Waals surface area (Å²) in [6, 6.07) is -4.19. The van der Waals surface area contributed by atoms with Crippen LogP contribution in [0.15, 0.2) is 28.8 Å². The molecule has 0 radical (unpaired) electrons. The van der Waals surface area contributed by atoms with Crippen LogP contribution in [0.1, 0.15) is 98.1 Å². The molecule has 0 aliphatic carbocycles. The molecule has 8 rings (SSSR count). The second kappa shape index (κ2) is 12.1. The zero-order valence-electron chi connectivity index (χ0n) is 29.9. The van der Waals surface area contributed by atoms with Gasteiger partial charge in [0.2, 0.25) is 0 Å². The molecule has 18 nitrogen and oxygen atoms in total. The Bertz CT molecular complexity index is 1990. The summed E-state index contributed by atoms with van der Waals surface area (Å²) < 4.78 is 40.5. The largest absolute Gasteiger partial charge is 0.371 e. The second-order valence-electron chi connectivity index (χ2n) is 15.2. The van der Waals surface area contributed by atoms with Crippen LogP contribution in [0.25, 0.3) is 0 Å². The Morgan fingerprint density at radius 3 is 1.08 bits per heavy atom. The van der Waals surface area contributed by atoms with Gasteiger partial charge in [0.15, 0.2) is 0 Å². The monoisotopic (exact) mass is 718 g/mol. The maximum atomic E-state index is 14.3. The van der Waals surface area contributed by atoms with E-state index in [1.807, 2.05) is 20.8 Å². The standard InChI is InChI=1S/C33H46N6O12/c1-12(22-10-46-22)34-28(40)35(13(2)23-11-47-23)30(42)38(29(34)41)16(5)26-21(51-26)9-20(27-19(8)50-27)39-32(44)36(14(3)24-17(6)48-24)31(43)37(33(39)45)15(4)25-18(7)49-25/h12-27H,9-11H2,1-8H3. The van der Waals surface area contributed by atoms with Gasteiger partial charge in [-0.1, -0.05) is 0 Å². The van der Waals surface area contributed by atoms with Gasteiger partial charge in [0.25, 0.3) is 0 Å². The lowest BCUT2D eigenvalue weighted by Gasteiger charge is -2.24. The number of aromatic nitrogens is 6. The summed E-state index contributed by atoms with van der Waals surface area (Å²) in [6.45, 7) is 14.9. The first-order valence-electron chi connectivity index (χ1n) is 18.0. The molecule has 280 valence electrons. The van der Waals surface area contributed by atoms with Crippen molar-refractivity contribution >= 4 is 0 Å². The van der Waals surface area contributed by atoms with Gasteiger partial charge in [-0.15, -0.1) is 0 Å². The molecule has 0 bridgehead atoms. The van der Waals surface area contributed by atoms with E-state index in [-0.39, 0.29) is 49.1 Å². The Labute approximate surface area is 291 Å². The summed E-state index contributed by atoms with van der Waals surface area (Å²) in [4.78, 5) is 83.9. The lowest BCUT2D eigenvalue weighted by atomic mass is 10.0. The molecule has 6 fully saturated rings. The molecule has 8 heterocycles. The van der Waals surface area contributed by atoms with Crippen molar-refractivity contribution in [2.75, 3.05) is 13.2 Å². The molecule has 2 aromatic rings. The Balaban J connectivity index is 1.16. The minimum atomic E-state index is -0.837. The number of hydrogen-bond acceptors (Lipinski definition) is 12. The lowest BCUT2D eigenvalue weighted by molar-refractivity contribution is 0.236. The van der Waals surface area contributed by atoms with Crippen molar-refractivity contribution < 1.29 is 28.4 Å². The number of ether oxygens (including phenoxy) is 6. The number of hydrogen-bond donors (Lipinski definition) is 0. The van der Waals surface area contributed by atoms with Crippen molar-refractivity contribution in [2.45, 2.75) is 159 Å². The fraction of sp³-hybridized carbons (Fsp3) is 0.818. The molecule has 0 aromatic carbocycles. The van der Waals surface area contributed by atoms with Gasteiger partial charge in [-0.3, -0.25) is 0 Å². The number of epoxide rings is 6. The average Bonchev–Trinajstić information content (AvgIpc) is 3.85. The van der Waals surface area contributed by atoms with Crippen molar-refractivity contribution in [3.8, 4) is 0 Å². The van der Waals surface area contributed by atoms with Crippen LogP contribution < -0.4 is 34.1 Å². The second-order valence-corrected chi connectivity index (χ2v) is 15.2. The molecule has 0 saturated carbocycles. The number of nitrogens with zero attached hydrogens (tertiary/aromatic N) is 6. The van der Waals surface area contributed by atoms with Crippen LogP contribution in [0.2, 0.25) is 0 Å². The van der Waals surface area contributed by atoms with Crippen LogP contribution in [0.4, 0.5) is 0 Å². The van der Waals surface area contributed by atoms with Crippen molar-refractivity contribution in [1.82, 2.24) is 27.4 Å². The maximum absolute atomic E-state index is 14.3. The summed E-state index contributed by atoms with van der Waals surface area (Å²) in [6.07, 6.45) is -3.68. The van der Waals surface area contributed by atoms with E-state index in [1.165, 1.54) is 0 Å². The summed E-state index contributed by atoms with van der Waals surface area (Å²) in [5.41, 5.74) is -4.54. The van der Waals surface area contributed by atoms with Gasteiger partial charge in [0.05, 0.1) is 73.9 Å². The highest BCUT2D eigenvalue weighted by atomic mass is 16.6. The van der Waals surface area contributed by atoms with Crippen LogP contribution in [-0.4, -0.2) is 102 Å². The van der Waals surface area contributed by atoms with Crippen molar-refractivity contribution in [1.29, 1.82) is 0 Å². The Kier molecular flexibility index (Phi) is 8.19. The van der Waals surface area contributed by atoms with E-state index in [9.17, 15) is 28.8 Å². The topological polar surface area (TPSA) is 207 Å². The van der Waals surface area contributed by atoms with Gasteiger partial charge in [-0.05, 0) is 61.8 Å². The molecule has 0 amide bonds. The highest BCUT2D eigenvalue weighted by Crippen LogP contribution is 2.42. The third-order valence-electron chi connectivity index (χ3n) is 11.8. The quantitative estimate of drug-likeness (QED) is 0.216. The molecule has 0 N–H and O–H groups in total. The SMILES string of the molecule is CC1OC1C(C)n1c(=O)n(C(C)C2OC2C)c(=O)n(C(CC2OC2C(C)n2c(=O)n(C(C)C3CO3)c(=O)n(C(C)C3CO3)c2=O)C2OC2C)c1=O. The summed E-state index contributed by atoms with van der Waals surface area (Å²) in [7, 11) is 0. The molecule has 6 aliphatic heterocycles. The highest BCUT2D eigenvalue weighted by molar-refractivity contribution is 5.04. The lowest BCUT2D eigenvalue weighted by Crippen LogP contribution is -2.58. The van der Waals surface area contributed by atoms with E-state index in [1.54, 1.807) is 34.6 Å². The zero-order chi connectivity index (χ0) is 36.5. The fourth-order valence-corrected chi connectivity index (χ4v) is 8.07. The van der Waals surface area contributed by atoms with Crippen LogP contribution >= 0.6 is 0 Å². The smallest absolute Gasteiger partial charge is 0.337 e. The van der Waals surface area contributed by atoms with Gasteiger partial charge in [0.1, 0.15) is 36.6 Å². The molecule has 0 spiro atoms. The van der Waals surface area contributed by atoms with Crippen LogP contribution in [0.3, 0.4) is 0 Å². The molecular formula is C33H46N6O12. The fourth-order valence-electron chi connectivity index (χ4n) is 8.07. The molecule has 16 atom stereocenters. The van der Waals surface area contributed by atoms with Crippen molar-refractivity contribution in [2.24, 2.45) is 0 Å². The van der Waals surface area contributed by atoms with E-state index in [2.05, 4.69) is 0 Å². The predicted molar refractivity (Wildman–Crippen MR) is 177 cm³/mol. The van der Waals surface area contributed by atoms with E-state index < -0.39 is 88.7 Å². The maximum Gasteiger partial charge on any atom is 0.337 e. The van der Waals surface area contributed by atoms with Gasteiger partial charge >= 0.3 is 34.1 Å². The molecule has 6 saturated heterocycles. The third-order valence-corrected chi connectivity index (χ3v) is 11.8. The van der Waals surface area contributed by atoms with Gasteiger partial charge in [0, 0.05) is 0 Å². The first kappa shape index (κ1) is 34.7. The van der Waals surface area contributed by atoms with Crippen molar-refractivity contribution in [3.05, 3.63) is 62.9 Å². The van der Waals surface area contributed by atoms with Crippen LogP contribution in [-0.2, 0) is 28.4 Å². The van der Waals surface area contributed by atoms with E-state index in [0.717, 1.165) is 27.4 Å². The summed E-state index contributed by atoms with van der Waals surface area (Å²) >= 11 is 0. The minimum absolute atomic E-state index is 0.119. The van der Waals surface area contributed by atoms with Crippen molar-refractivity contribution in [3.63, 3.8) is 0 Å². The molecule has 51 heavy (non-hydrogen) atoms. The van der Waals surface area contributed by atoms with E-state index >= 15 is 0 Å². The van der Waals surface area contributed by atoms with Crippen LogP contribution in [0.5, 0.6) is 0 Å². The van der Waals surface area contributed by atoms with Gasteiger partial charge in [-0.2, -0.15) is 0 Å². The zero-order valence-corrected chi connectivity index (χ0v) is 29.9.